The number of rotatable bonds is 3. The van der Waals surface area contributed by atoms with Crippen LogP contribution in [0.1, 0.15) is 6.42 Å². The van der Waals surface area contributed by atoms with Gasteiger partial charge in [-0.3, -0.25) is 4.79 Å². The number of carboxylic acid groups (broad SMARTS) is 1. The predicted octanol–water partition coefficient (Wildman–Crippen LogP) is 0.952. The van der Waals surface area contributed by atoms with Gasteiger partial charge in [-0.15, -0.1) is 0 Å². The van der Waals surface area contributed by atoms with Crippen molar-refractivity contribution in [1.29, 1.82) is 0 Å². The van der Waals surface area contributed by atoms with Crippen LogP contribution in [0.2, 0.25) is 0 Å². The van der Waals surface area contributed by atoms with Crippen molar-refractivity contribution >= 4 is 17.6 Å². The van der Waals surface area contributed by atoms with Gasteiger partial charge in [-0.2, -0.15) is 0 Å². The molecule has 5 heteroatoms. The summed E-state index contributed by atoms with van der Waals surface area (Å²) in [5, 5.41) is 13.7. The summed E-state index contributed by atoms with van der Waals surface area (Å²) in [6.45, 7) is 0. The summed E-state index contributed by atoms with van der Waals surface area (Å²) in [7, 11) is 0. The second kappa shape index (κ2) is 4.74. The van der Waals surface area contributed by atoms with Gasteiger partial charge in [-0.1, -0.05) is 24.3 Å². The van der Waals surface area contributed by atoms with Crippen LogP contribution in [0.5, 0.6) is 0 Å². The normalized spacial score (nSPS) is 30.4. The van der Waals surface area contributed by atoms with Gasteiger partial charge in [0.2, 0.25) is 5.91 Å². The number of carboxylic acids is 1. The van der Waals surface area contributed by atoms with E-state index in [4.69, 9.17) is 0 Å². The number of aliphatic carboxylic acids is 1. The summed E-state index contributed by atoms with van der Waals surface area (Å²) in [6, 6.07) is 5.82. The minimum atomic E-state index is -1.21. The minimum Gasteiger partial charge on any atom is -0.550 e. The van der Waals surface area contributed by atoms with Crippen molar-refractivity contribution in [2.24, 2.45) is 23.7 Å². The van der Waals surface area contributed by atoms with Gasteiger partial charge in [-0.25, -0.2) is 4.39 Å². The lowest BCUT2D eigenvalue weighted by atomic mass is 9.82. The maximum atomic E-state index is 13.5. The van der Waals surface area contributed by atoms with E-state index >= 15 is 0 Å². The number of halogens is 1. The first-order chi connectivity index (χ1) is 9.58. The first-order valence-electron chi connectivity index (χ1n) is 6.52. The Balaban J connectivity index is 1.82. The highest BCUT2D eigenvalue weighted by atomic mass is 19.1. The van der Waals surface area contributed by atoms with Crippen LogP contribution in [0.4, 0.5) is 10.1 Å². The first-order valence-corrected chi connectivity index (χ1v) is 6.52. The Hall–Kier alpha value is -2.17. The van der Waals surface area contributed by atoms with Gasteiger partial charge in [0.25, 0.3) is 0 Å². The second-order valence-electron chi connectivity index (χ2n) is 5.29. The Morgan fingerprint density at radius 2 is 1.80 bits per heavy atom. The molecule has 4 nitrogen and oxygen atoms in total. The minimum absolute atomic E-state index is 0.0707. The van der Waals surface area contributed by atoms with Crippen LogP contribution in [0.25, 0.3) is 0 Å². The summed E-state index contributed by atoms with van der Waals surface area (Å²) in [6.07, 6.45) is 4.35. The largest absolute Gasteiger partial charge is 0.550 e. The van der Waals surface area contributed by atoms with E-state index in [-0.39, 0.29) is 17.5 Å². The molecule has 0 radical (unpaired) electrons. The van der Waals surface area contributed by atoms with Gasteiger partial charge < -0.3 is 15.2 Å². The molecule has 2 aliphatic carbocycles. The van der Waals surface area contributed by atoms with Crippen molar-refractivity contribution in [3.05, 3.63) is 42.2 Å². The maximum Gasteiger partial charge on any atom is 0.228 e. The number of carbonyl (C=O) groups excluding carboxylic acids is 2. The third-order valence-electron chi connectivity index (χ3n) is 4.17. The molecule has 1 fully saturated rings. The molecule has 0 saturated heterocycles. The van der Waals surface area contributed by atoms with Crippen LogP contribution in [-0.4, -0.2) is 11.9 Å². The molecule has 3 rings (SSSR count). The lowest BCUT2D eigenvalue weighted by molar-refractivity contribution is -0.313. The smallest absolute Gasteiger partial charge is 0.228 e. The molecule has 0 spiro atoms. The topological polar surface area (TPSA) is 69.2 Å². The monoisotopic (exact) mass is 274 g/mol. The number of nitrogens with one attached hydrogen (secondary N) is 1. The predicted molar refractivity (Wildman–Crippen MR) is 67.8 cm³/mol. The summed E-state index contributed by atoms with van der Waals surface area (Å²) >= 11 is 0. The van der Waals surface area contributed by atoms with Crippen LogP contribution >= 0.6 is 0 Å². The molecule has 1 N–H and O–H groups in total. The van der Waals surface area contributed by atoms with Crippen LogP contribution in [0.3, 0.4) is 0 Å². The Morgan fingerprint density at radius 3 is 2.45 bits per heavy atom. The van der Waals surface area contributed by atoms with Crippen molar-refractivity contribution in [3.8, 4) is 0 Å². The number of benzene rings is 1. The fourth-order valence-corrected chi connectivity index (χ4v) is 3.28. The highest BCUT2D eigenvalue weighted by Crippen LogP contribution is 2.48. The van der Waals surface area contributed by atoms with Crippen molar-refractivity contribution in [3.63, 3.8) is 0 Å². The molecule has 0 unspecified atom stereocenters. The quantitative estimate of drug-likeness (QED) is 0.834. The third-order valence-corrected chi connectivity index (χ3v) is 4.17. The average molecular weight is 274 g/mol. The SMILES string of the molecule is O=C([O-])[C@@H]1[C@H](C(=O)Nc2ccccc2F)[C@@H]2C=C[C@H]1C2. The molecule has 2 bridgehead atoms. The number of carbonyl (C=O) groups is 2. The molecule has 1 amide bonds. The summed E-state index contributed by atoms with van der Waals surface area (Å²) in [4.78, 5) is 23.5. The Labute approximate surface area is 115 Å². The molecular weight excluding hydrogens is 261 g/mol. The lowest BCUT2D eigenvalue weighted by Gasteiger charge is -2.27. The molecule has 2 aliphatic rings. The number of allylic oxidation sites excluding steroid dienone is 2. The van der Waals surface area contributed by atoms with E-state index in [1.54, 1.807) is 6.07 Å². The maximum absolute atomic E-state index is 13.5. The van der Waals surface area contributed by atoms with E-state index in [0.29, 0.717) is 6.42 Å². The lowest BCUT2D eigenvalue weighted by Crippen LogP contribution is -2.42. The Kier molecular flexibility index (Phi) is 3.04. The van der Waals surface area contributed by atoms with Crippen molar-refractivity contribution in [2.75, 3.05) is 5.32 Å². The van der Waals surface area contributed by atoms with Crippen molar-refractivity contribution in [2.45, 2.75) is 6.42 Å². The molecule has 0 aliphatic heterocycles. The van der Waals surface area contributed by atoms with E-state index in [0.717, 1.165) is 0 Å². The Bertz CT molecular complexity index is 599. The van der Waals surface area contributed by atoms with Gasteiger partial charge in [-0.05, 0) is 30.4 Å². The standard InChI is InChI=1S/C15H14FNO3/c16-10-3-1-2-4-11(10)17-14(18)12-8-5-6-9(7-8)13(12)15(19)20/h1-6,8-9,12-13H,7H2,(H,17,18)(H,19,20)/p-1/t8-,9+,12-,13+/m1/s1. The van der Waals surface area contributed by atoms with Crippen LogP contribution in [0.15, 0.2) is 36.4 Å². The van der Waals surface area contributed by atoms with Gasteiger partial charge in [0.15, 0.2) is 0 Å². The Morgan fingerprint density at radius 1 is 1.15 bits per heavy atom. The number of hydrogen-bond acceptors (Lipinski definition) is 3. The second-order valence-corrected chi connectivity index (χ2v) is 5.29. The molecule has 4 atom stereocenters. The highest BCUT2D eigenvalue weighted by molar-refractivity contribution is 5.96. The number of amides is 1. The molecule has 1 saturated carbocycles. The van der Waals surface area contributed by atoms with Gasteiger partial charge in [0.1, 0.15) is 5.82 Å². The fraction of sp³-hybridized carbons (Fsp3) is 0.333. The molecule has 104 valence electrons. The zero-order chi connectivity index (χ0) is 14.3. The average Bonchev–Trinajstić information content (AvgIpc) is 3.01. The highest BCUT2D eigenvalue weighted by Gasteiger charge is 2.48. The zero-order valence-corrected chi connectivity index (χ0v) is 10.6. The number of fused-ring (bicyclic) bond motifs is 2. The van der Waals surface area contributed by atoms with Crippen LogP contribution in [-0.2, 0) is 9.59 Å². The van der Waals surface area contributed by atoms with E-state index in [9.17, 15) is 19.1 Å². The van der Waals surface area contributed by atoms with Gasteiger partial charge in [0.05, 0.1) is 11.6 Å². The molecule has 1 aromatic carbocycles. The van der Waals surface area contributed by atoms with Gasteiger partial charge >= 0.3 is 0 Å². The third kappa shape index (κ3) is 1.99. The van der Waals surface area contributed by atoms with Crippen LogP contribution in [0, 0.1) is 29.5 Å². The zero-order valence-electron chi connectivity index (χ0n) is 10.6. The van der Waals surface area contributed by atoms with Crippen LogP contribution < -0.4 is 10.4 Å². The number of para-hydroxylation sites is 1. The van der Waals surface area contributed by atoms with E-state index < -0.39 is 29.5 Å². The summed E-state index contributed by atoms with van der Waals surface area (Å²) < 4.78 is 13.5. The summed E-state index contributed by atoms with van der Waals surface area (Å²) in [5.74, 6) is -3.97. The molecule has 0 heterocycles. The van der Waals surface area contributed by atoms with Crippen molar-refractivity contribution in [1.82, 2.24) is 0 Å². The van der Waals surface area contributed by atoms with Crippen molar-refractivity contribution < 1.29 is 19.1 Å². The van der Waals surface area contributed by atoms with E-state index in [1.165, 1.54) is 18.2 Å². The fourth-order valence-electron chi connectivity index (χ4n) is 3.28. The van der Waals surface area contributed by atoms with E-state index in [1.807, 2.05) is 12.2 Å². The number of anilines is 1. The van der Waals surface area contributed by atoms with E-state index in [2.05, 4.69) is 5.32 Å². The molecule has 0 aromatic heterocycles. The molecular formula is C15H13FNO3-. The van der Waals surface area contributed by atoms with Gasteiger partial charge in [0, 0.05) is 11.9 Å². The summed E-state index contributed by atoms with van der Waals surface area (Å²) in [5.41, 5.74) is 0.0707. The molecule has 20 heavy (non-hydrogen) atoms. The number of hydrogen-bond donors (Lipinski definition) is 1. The molecule has 1 aromatic rings. The first kappa shape index (κ1) is 12.8.